The zero-order valence-electron chi connectivity index (χ0n) is 17.2. The maximum absolute atomic E-state index is 13.0. The molecule has 0 spiro atoms. The van der Waals surface area contributed by atoms with Gasteiger partial charge in [0.2, 0.25) is 11.8 Å². The van der Waals surface area contributed by atoms with E-state index in [0.29, 0.717) is 18.7 Å². The highest BCUT2D eigenvalue weighted by atomic mass is 32.2. The van der Waals surface area contributed by atoms with Crippen molar-refractivity contribution in [2.45, 2.75) is 45.5 Å². The van der Waals surface area contributed by atoms with Crippen LogP contribution in [0, 0.1) is 13.8 Å². The summed E-state index contributed by atoms with van der Waals surface area (Å²) in [7, 11) is 1.62. The summed E-state index contributed by atoms with van der Waals surface area (Å²) in [6.07, 6.45) is 0.583. The van der Waals surface area contributed by atoms with Crippen LogP contribution in [0.5, 0.6) is 0 Å². The number of carbonyl (C=O) groups excluding carboxylic acids is 2. The Bertz CT molecular complexity index is 772. The van der Waals surface area contributed by atoms with Crippen molar-refractivity contribution in [1.82, 2.24) is 10.2 Å². The van der Waals surface area contributed by atoms with Gasteiger partial charge in [-0.15, -0.1) is 11.8 Å². The van der Waals surface area contributed by atoms with Crippen molar-refractivity contribution in [2.24, 2.45) is 0 Å². The third kappa shape index (κ3) is 6.41. The van der Waals surface area contributed by atoms with Gasteiger partial charge in [0.05, 0.1) is 5.75 Å². The predicted molar refractivity (Wildman–Crippen MR) is 117 cm³/mol. The van der Waals surface area contributed by atoms with E-state index in [1.165, 1.54) is 16.7 Å². The maximum atomic E-state index is 13.0. The van der Waals surface area contributed by atoms with Crippen molar-refractivity contribution in [1.29, 1.82) is 0 Å². The molecule has 0 aliphatic heterocycles. The number of hydrogen-bond acceptors (Lipinski definition) is 3. The molecule has 0 fully saturated rings. The summed E-state index contributed by atoms with van der Waals surface area (Å²) in [5.74, 6) is 1.01. The summed E-state index contributed by atoms with van der Waals surface area (Å²) >= 11 is 1.59. The Morgan fingerprint density at radius 3 is 2.00 bits per heavy atom. The van der Waals surface area contributed by atoms with Gasteiger partial charge in [-0.25, -0.2) is 0 Å². The first-order chi connectivity index (χ1) is 13.4. The van der Waals surface area contributed by atoms with Gasteiger partial charge in [0.1, 0.15) is 6.04 Å². The van der Waals surface area contributed by atoms with Crippen LogP contribution in [0.25, 0.3) is 0 Å². The molecule has 0 aromatic heterocycles. The van der Waals surface area contributed by atoms with Gasteiger partial charge in [0.25, 0.3) is 0 Å². The number of benzene rings is 2. The molecule has 1 N–H and O–H groups in total. The lowest BCUT2D eigenvalue weighted by Gasteiger charge is -2.30. The van der Waals surface area contributed by atoms with Crippen molar-refractivity contribution in [3.05, 3.63) is 70.8 Å². The molecule has 1 atom stereocenters. The number of nitrogens with one attached hydrogen (secondary N) is 1. The first-order valence-electron chi connectivity index (χ1n) is 9.64. The van der Waals surface area contributed by atoms with E-state index >= 15 is 0 Å². The Morgan fingerprint density at radius 1 is 0.964 bits per heavy atom. The normalized spacial score (nSPS) is 11.7. The number of thioether (sulfide) groups is 1. The van der Waals surface area contributed by atoms with Crippen LogP contribution in [0.4, 0.5) is 0 Å². The topological polar surface area (TPSA) is 49.4 Å². The van der Waals surface area contributed by atoms with Crippen molar-refractivity contribution >= 4 is 23.6 Å². The smallest absolute Gasteiger partial charge is 0.242 e. The molecule has 0 radical (unpaired) electrons. The van der Waals surface area contributed by atoms with E-state index in [4.69, 9.17) is 0 Å². The van der Waals surface area contributed by atoms with Gasteiger partial charge in [-0.1, -0.05) is 66.6 Å². The zero-order chi connectivity index (χ0) is 20.5. The average Bonchev–Trinajstić information content (AvgIpc) is 2.70. The van der Waals surface area contributed by atoms with Crippen molar-refractivity contribution in [3.63, 3.8) is 0 Å². The van der Waals surface area contributed by atoms with Crippen LogP contribution in [0.3, 0.4) is 0 Å². The van der Waals surface area contributed by atoms with Crippen LogP contribution < -0.4 is 5.32 Å². The van der Waals surface area contributed by atoms with Gasteiger partial charge in [-0.2, -0.15) is 0 Å². The Kier molecular flexibility index (Phi) is 8.58. The summed E-state index contributed by atoms with van der Waals surface area (Å²) in [4.78, 5) is 27.1. The Morgan fingerprint density at radius 2 is 1.50 bits per heavy atom. The second-order valence-corrected chi connectivity index (χ2v) is 8.01. The molecule has 0 saturated carbocycles. The van der Waals surface area contributed by atoms with Crippen molar-refractivity contribution < 1.29 is 9.59 Å². The molecular weight excluding hydrogens is 368 g/mol. The van der Waals surface area contributed by atoms with E-state index in [1.54, 1.807) is 23.7 Å². The Balaban J connectivity index is 2.07. The molecule has 0 heterocycles. The predicted octanol–water partition coefficient (Wildman–Crippen LogP) is 4.09. The number of rotatable bonds is 9. The summed E-state index contributed by atoms with van der Waals surface area (Å²) in [5, 5.41) is 2.69. The minimum Gasteiger partial charge on any atom is -0.357 e. The van der Waals surface area contributed by atoms with Crippen LogP contribution in [-0.2, 0) is 21.9 Å². The highest BCUT2D eigenvalue weighted by Crippen LogP contribution is 2.18. The largest absolute Gasteiger partial charge is 0.357 e. The fourth-order valence-electron chi connectivity index (χ4n) is 3.00. The van der Waals surface area contributed by atoms with E-state index in [1.807, 2.05) is 38.1 Å². The first kappa shape index (κ1) is 22.0. The molecule has 1 unspecified atom stereocenters. The SMILES string of the molecule is CCC(C(=O)NC)N(Cc1ccc(C)cc1)C(=O)CSCc1ccc(C)cc1. The van der Waals surface area contributed by atoms with E-state index in [0.717, 1.165) is 11.3 Å². The first-order valence-corrected chi connectivity index (χ1v) is 10.8. The lowest BCUT2D eigenvalue weighted by molar-refractivity contribution is -0.139. The van der Waals surface area contributed by atoms with E-state index in [2.05, 4.69) is 36.5 Å². The maximum Gasteiger partial charge on any atom is 0.242 e. The monoisotopic (exact) mass is 398 g/mol. The van der Waals surface area contributed by atoms with E-state index < -0.39 is 6.04 Å². The van der Waals surface area contributed by atoms with Crippen molar-refractivity contribution in [3.8, 4) is 0 Å². The number of amides is 2. The molecular formula is C23H30N2O2S. The number of likely N-dealkylation sites (N-methyl/N-ethyl adjacent to an activating group) is 1. The third-order valence-corrected chi connectivity index (χ3v) is 5.71. The minimum atomic E-state index is -0.459. The molecule has 5 heteroatoms. The number of hydrogen-bond donors (Lipinski definition) is 1. The number of aryl methyl sites for hydroxylation is 2. The fourth-order valence-corrected chi connectivity index (χ4v) is 3.87. The number of nitrogens with zero attached hydrogens (tertiary/aromatic N) is 1. The highest BCUT2D eigenvalue weighted by molar-refractivity contribution is 7.99. The summed E-state index contributed by atoms with van der Waals surface area (Å²) in [6.45, 7) is 6.48. The van der Waals surface area contributed by atoms with Crippen LogP contribution in [-0.4, -0.2) is 35.6 Å². The standard InChI is InChI=1S/C23H30N2O2S/c1-5-21(23(27)24-4)25(14-19-10-6-17(2)7-11-19)22(26)16-28-15-20-12-8-18(3)9-13-20/h6-13,21H,5,14-16H2,1-4H3,(H,24,27). The third-order valence-electron chi connectivity index (χ3n) is 4.72. The molecule has 150 valence electrons. The summed E-state index contributed by atoms with van der Waals surface area (Å²) < 4.78 is 0. The molecule has 0 aliphatic carbocycles. The molecule has 0 aliphatic rings. The molecule has 2 rings (SSSR count). The van der Waals surface area contributed by atoms with E-state index in [9.17, 15) is 9.59 Å². The second kappa shape index (κ2) is 10.9. The molecule has 28 heavy (non-hydrogen) atoms. The van der Waals surface area contributed by atoms with Gasteiger partial charge in [0.15, 0.2) is 0 Å². The molecule has 0 bridgehead atoms. The van der Waals surface area contributed by atoms with Gasteiger partial charge < -0.3 is 10.2 Å². The summed E-state index contributed by atoms with van der Waals surface area (Å²) in [5.41, 5.74) is 4.63. The quantitative estimate of drug-likeness (QED) is 0.692. The average molecular weight is 399 g/mol. The molecule has 0 saturated heterocycles. The molecule has 4 nitrogen and oxygen atoms in total. The second-order valence-electron chi connectivity index (χ2n) is 7.02. The molecule has 2 aromatic rings. The van der Waals surface area contributed by atoms with E-state index in [-0.39, 0.29) is 11.8 Å². The van der Waals surface area contributed by atoms with Gasteiger partial charge in [-0.3, -0.25) is 9.59 Å². The Labute approximate surface area is 172 Å². The zero-order valence-corrected chi connectivity index (χ0v) is 18.0. The highest BCUT2D eigenvalue weighted by Gasteiger charge is 2.27. The van der Waals surface area contributed by atoms with Crippen LogP contribution in [0.1, 0.15) is 35.6 Å². The van der Waals surface area contributed by atoms with Crippen molar-refractivity contribution in [2.75, 3.05) is 12.8 Å². The fraction of sp³-hybridized carbons (Fsp3) is 0.391. The summed E-state index contributed by atoms with van der Waals surface area (Å²) in [6, 6.07) is 16.0. The molecule has 2 amide bonds. The van der Waals surface area contributed by atoms with Gasteiger partial charge in [-0.05, 0) is 31.4 Å². The lowest BCUT2D eigenvalue weighted by Crippen LogP contribution is -2.48. The van der Waals surface area contributed by atoms with Gasteiger partial charge in [0, 0.05) is 19.3 Å². The lowest BCUT2D eigenvalue weighted by atomic mass is 10.1. The van der Waals surface area contributed by atoms with Gasteiger partial charge >= 0.3 is 0 Å². The number of carbonyl (C=O) groups is 2. The van der Waals surface area contributed by atoms with Crippen LogP contribution in [0.15, 0.2) is 48.5 Å². The minimum absolute atomic E-state index is 0.00635. The van der Waals surface area contributed by atoms with Crippen LogP contribution >= 0.6 is 11.8 Å². The Hall–Kier alpha value is -2.27. The van der Waals surface area contributed by atoms with Crippen LogP contribution in [0.2, 0.25) is 0 Å². The molecule has 2 aromatic carbocycles.